The lowest BCUT2D eigenvalue weighted by atomic mass is 10.1. The first-order chi connectivity index (χ1) is 7.52. The van der Waals surface area contributed by atoms with E-state index in [1.807, 2.05) is 0 Å². The fraction of sp³-hybridized carbons (Fsp3) is 0.182. The van der Waals surface area contributed by atoms with Gasteiger partial charge in [0.15, 0.2) is 11.5 Å². The Hall–Kier alpha value is -1.49. The first-order valence-electron chi connectivity index (χ1n) is 4.36. The lowest BCUT2D eigenvalue weighted by Gasteiger charge is -2.12. The van der Waals surface area contributed by atoms with Crippen molar-refractivity contribution in [1.29, 1.82) is 0 Å². The lowest BCUT2D eigenvalue weighted by molar-refractivity contribution is -0.130. The van der Waals surface area contributed by atoms with Crippen LogP contribution in [0.3, 0.4) is 0 Å². The molecule has 5 heteroatoms. The number of halogens is 1. The van der Waals surface area contributed by atoms with Crippen LogP contribution in [0.4, 0.5) is 0 Å². The molecular weight excluding hydrogens is 276 g/mol. The van der Waals surface area contributed by atoms with Crippen molar-refractivity contribution >= 4 is 27.5 Å². The van der Waals surface area contributed by atoms with Crippen LogP contribution in [-0.2, 0) is 4.79 Å². The van der Waals surface area contributed by atoms with Gasteiger partial charge in [0.2, 0.25) is 0 Å². The molecule has 0 aliphatic carbocycles. The average Bonchev–Trinajstić information content (AvgIpc) is 2.27. The fourth-order valence-electron chi connectivity index (χ4n) is 1.24. The Kier molecular flexibility index (Phi) is 3.95. The number of ether oxygens (including phenoxy) is 2. The van der Waals surface area contributed by atoms with Gasteiger partial charge < -0.3 is 14.6 Å². The summed E-state index contributed by atoms with van der Waals surface area (Å²) in [6, 6.07) is 3.24. The van der Waals surface area contributed by atoms with E-state index in [0.717, 1.165) is 0 Å². The molecule has 4 nitrogen and oxygen atoms in total. The Morgan fingerprint density at radius 3 is 2.44 bits per heavy atom. The predicted molar refractivity (Wildman–Crippen MR) is 63.9 cm³/mol. The van der Waals surface area contributed by atoms with Gasteiger partial charge in [-0.1, -0.05) is 6.58 Å². The molecular formula is C11H11BrO4. The maximum absolute atomic E-state index is 10.8. The van der Waals surface area contributed by atoms with Crippen LogP contribution in [0, 0.1) is 0 Å². The van der Waals surface area contributed by atoms with Crippen LogP contribution in [0.15, 0.2) is 23.2 Å². The van der Waals surface area contributed by atoms with E-state index < -0.39 is 5.97 Å². The summed E-state index contributed by atoms with van der Waals surface area (Å²) in [6.45, 7) is 3.49. The molecule has 0 fully saturated rings. The van der Waals surface area contributed by atoms with Crippen molar-refractivity contribution < 1.29 is 19.4 Å². The van der Waals surface area contributed by atoms with Crippen molar-refractivity contribution in [2.24, 2.45) is 0 Å². The Balaban J connectivity index is 3.34. The van der Waals surface area contributed by atoms with Gasteiger partial charge in [-0.2, -0.15) is 0 Å². The summed E-state index contributed by atoms with van der Waals surface area (Å²) in [6.07, 6.45) is 0. The molecule has 0 amide bonds. The molecule has 0 bridgehead atoms. The number of carboxylic acid groups (broad SMARTS) is 1. The first kappa shape index (κ1) is 12.6. The highest BCUT2D eigenvalue weighted by Gasteiger charge is 2.17. The van der Waals surface area contributed by atoms with Crippen molar-refractivity contribution in [3.05, 3.63) is 28.7 Å². The minimum Gasteiger partial charge on any atom is -0.493 e. The number of hydrogen-bond acceptors (Lipinski definition) is 3. The second-order valence-corrected chi connectivity index (χ2v) is 3.74. The highest BCUT2D eigenvalue weighted by Crippen LogP contribution is 2.39. The summed E-state index contributed by atoms with van der Waals surface area (Å²) in [4.78, 5) is 10.8. The highest BCUT2D eigenvalue weighted by atomic mass is 79.9. The zero-order valence-corrected chi connectivity index (χ0v) is 10.5. The molecule has 0 saturated heterocycles. The summed E-state index contributed by atoms with van der Waals surface area (Å²) in [5.74, 6) is -0.105. The number of methoxy groups -OCH3 is 2. The first-order valence-corrected chi connectivity index (χ1v) is 5.15. The molecule has 0 heterocycles. The van der Waals surface area contributed by atoms with Crippen LogP contribution in [-0.4, -0.2) is 25.3 Å². The SMILES string of the molecule is C=C(C(=O)O)c1ccc(OC)c(OC)c1Br. The lowest BCUT2D eigenvalue weighted by Crippen LogP contribution is -2.01. The highest BCUT2D eigenvalue weighted by molar-refractivity contribution is 9.10. The van der Waals surface area contributed by atoms with E-state index in [1.54, 1.807) is 12.1 Å². The smallest absolute Gasteiger partial charge is 0.335 e. The third kappa shape index (κ3) is 2.19. The molecule has 1 N–H and O–H groups in total. The van der Waals surface area contributed by atoms with Gasteiger partial charge >= 0.3 is 5.97 Å². The van der Waals surface area contributed by atoms with Crippen molar-refractivity contribution in [3.63, 3.8) is 0 Å². The van der Waals surface area contributed by atoms with Gasteiger partial charge in [0.25, 0.3) is 0 Å². The quantitative estimate of drug-likeness (QED) is 0.865. The Morgan fingerprint density at radius 2 is 2.00 bits per heavy atom. The second-order valence-electron chi connectivity index (χ2n) is 2.95. The zero-order chi connectivity index (χ0) is 12.3. The molecule has 86 valence electrons. The molecule has 1 aromatic carbocycles. The van der Waals surface area contributed by atoms with Gasteiger partial charge in [-0.15, -0.1) is 0 Å². The van der Waals surface area contributed by atoms with Crippen LogP contribution in [0.1, 0.15) is 5.56 Å². The molecule has 0 aliphatic rings. The molecule has 0 atom stereocenters. The van der Waals surface area contributed by atoms with Crippen LogP contribution in [0.2, 0.25) is 0 Å². The monoisotopic (exact) mass is 286 g/mol. The molecule has 0 aromatic heterocycles. The predicted octanol–water partition coefficient (Wildman–Crippen LogP) is 2.56. The summed E-state index contributed by atoms with van der Waals surface area (Å²) in [5.41, 5.74) is 0.456. The van der Waals surface area contributed by atoms with Crippen LogP contribution >= 0.6 is 15.9 Å². The standard InChI is InChI=1S/C11H11BrO4/c1-6(11(13)14)7-4-5-8(15-2)10(16-3)9(7)12/h4-5H,1H2,2-3H3,(H,13,14). The maximum Gasteiger partial charge on any atom is 0.335 e. The largest absolute Gasteiger partial charge is 0.493 e. The molecule has 0 unspecified atom stereocenters. The maximum atomic E-state index is 10.8. The Labute approximate surface area is 102 Å². The van der Waals surface area contributed by atoms with Crippen molar-refractivity contribution in [2.75, 3.05) is 14.2 Å². The summed E-state index contributed by atoms with van der Waals surface area (Å²) < 4.78 is 10.7. The van der Waals surface area contributed by atoms with Crippen LogP contribution in [0.5, 0.6) is 11.5 Å². The van der Waals surface area contributed by atoms with Gasteiger partial charge in [0.05, 0.1) is 24.3 Å². The molecule has 16 heavy (non-hydrogen) atoms. The summed E-state index contributed by atoms with van der Waals surface area (Å²) in [7, 11) is 2.99. The van der Waals surface area contributed by atoms with E-state index in [4.69, 9.17) is 14.6 Å². The van der Waals surface area contributed by atoms with E-state index in [1.165, 1.54) is 14.2 Å². The number of hydrogen-bond donors (Lipinski definition) is 1. The number of carbonyl (C=O) groups is 1. The summed E-state index contributed by atoms with van der Waals surface area (Å²) >= 11 is 3.27. The molecule has 1 aromatic rings. The van der Waals surface area contributed by atoms with Gasteiger partial charge in [0.1, 0.15) is 0 Å². The van der Waals surface area contributed by atoms with E-state index in [-0.39, 0.29) is 5.57 Å². The number of carboxylic acids is 1. The van der Waals surface area contributed by atoms with E-state index in [0.29, 0.717) is 21.5 Å². The van der Waals surface area contributed by atoms with Crippen molar-refractivity contribution in [2.45, 2.75) is 0 Å². The molecule has 0 radical (unpaired) electrons. The Morgan fingerprint density at radius 1 is 1.38 bits per heavy atom. The Bertz CT molecular complexity index is 440. The summed E-state index contributed by atoms with van der Waals surface area (Å²) in [5, 5.41) is 8.86. The van der Waals surface area contributed by atoms with Gasteiger partial charge in [0, 0.05) is 5.56 Å². The normalized spacial score (nSPS) is 9.69. The molecule has 0 aliphatic heterocycles. The second kappa shape index (κ2) is 5.03. The van der Waals surface area contributed by atoms with Crippen molar-refractivity contribution in [1.82, 2.24) is 0 Å². The van der Waals surface area contributed by atoms with Crippen LogP contribution < -0.4 is 9.47 Å². The molecule has 1 rings (SSSR count). The van der Waals surface area contributed by atoms with Crippen LogP contribution in [0.25, 0.3) is 5.57 Å². The minimum absolute atomic E-state index is 0.00664. The minimum atomic E-state index is -1.08. The third-order valence-corrected chi connectivity index (χ3v) is 2.86. The number of aliphatic carboxylic acids is 1. The zero-order valence-electron chi connectivity index (χ0n) is 8.91. The van der Waals surface area contributed by atoms with Gasteiger partial charge in [-0.05, 0) is 28.1 Å². The fourth-order valence-corrected chi connectivity index (χ4v) is 1.97. The number of rotatable bonds is 4. The number of benzene rings is 1. The van der Waals surface area contributed by atoms with Crippen molar-refractivity contribution in [3.8, 4) is 11.5 Å². The topological polar surface area (TPSA) is 55.8 Å². The molecule has 0 saturated carbocycles. The third-order valence-electron chi connectivity index (χ3n) is 2.07. The van der Waals surface area contributed by atoms with E-state index in [9.17, 15) is 4.79 Å². The van der Waals surface area contributed by atoms with E-state index in [2.05, 4.69) is 22.5 Å². The molecule has 0 spiro atoms. The van der Waals surface area contributed by atoms with Gasteiger partial charge in [-0.3, -0.25) is 0 Å². The van der Waals surface area contributed by atoms with E-state index >= 15 is 0 Å². The average molecular weight is 287 g/mol. The van der Waals surface area contributed by atoms with Gasteiger partial charge in [-0.25, -0.2) is 4.79 Å².